The average Bonchev–Trinajstić information content (AvgIpc) is 3.21. The minimum atomic E-state index is -4.65. The van der Waals surface area contributed by atoms with Gasteiger partial charge in [-0.1, -0.05) is 35.0 Å². The van der Waals surface area contributed by atoms with Gasteiger partial charge in [-0.25, -0.2) is 13.1 Å². The summed E-state index contributed by atoms with van der Waals surface area (Å²) in [5.41, 5.74) is 1.80. The van der Waals surface area contributed by atoms with Crippen LogP contribution in [0.5, 0.6) is 0 Å². The number of nitrogens with one attached hydrogen (secondary N) is 1. The van der Waals surface area contributed by atoms with Crippen molar-refractivity contribution >= 4 is 21.4 Å². The fourth-order valence-electron chi connectivity index (χ4n) is 2.35. The Kier molecular flexibility index (Phi) is 5.15. The molecule has 0 saturated heterocycles. The van der Waals surface area contributed by atoms with Crippen LogP contribution in [0, 0.1) is 13.8 Å². The van der Waals surface area contributed by atoms with Gasteiger partial charge in [0.25, 0.3) is 0 Å². The SMILES string of the molecule is Cc1ccc(CNS(=O)(=O)c2cc(-c3cc(C(F)(F)F)on3)sc2C)cc1. The van der Waals surface area contributed by atoms with Crippen LogP contribution < -0.4 is 4.72 Å². The minimum Gasteiger partial charge on any atom is -0.351 e. The molecule has 0 bridgehead atoms. The van der Waals surface area contributed by atoms with Crippen LogP contribution in [0.2, 0.25) is 0 Å². The third-order valence-electron chi connectivity index (χ3n) is 3.79. The highest BCUT2D eigenvalue weighted by Crippen LogP contribution is 2.36. The van der Waals surface area contributed by atoms with E-state index < -0.39 is 22.0 Å². The Morgan fingerprint density at radius 2 is 1.81 bits per heavy atom. The quantitative estimate of drug-likeness (QED) is 0.664. The highest BCUT2D eigenvalue weighted by atomic mass is 32.2. The number of aryl methyl sites for hydroxylation is 2. The first-order valence-electron chi connectivity index (χ1n) is 7.76. The number of hydrogen-bond acceptors (Lipinski definition) is 5. The van der Waals surface area contributed by atoms with E-state index in [1.165, 1.54) is 6.07 Å². The van der Waals surface area contributed by atoms with Crippen molar-refractivity contribution in [3.63, 3.8) is 0 Å². The van der Waals surface area contributed by atoms with E-state index >= 15 is 0 Å². The third kappa shape index (κ3) is 4.40. The predicted octanol–water partition coefficient (Wildman–Crippen LogP) is 4.52. The Hall–Kier alpha value is -2.17. The van der Waals surface area contributed by atoms with Crippen molar-refractivity contribution in [3.8, 4) is 10.6 Å². The van der Waals surface area contributed by atoms with Crippen molar-refractivity contribution in [1.29, 1.82) is 0 Å². The van der Waals surface area contributed by atoms with Crippen LogP contribution in [0.15, 0.2) is 45.8 Å². The molecular formula is C17H15F3N2O3S2. The van der Waals surface area contributed by atoms with E-state index in [0.29, 0.717) is 4.88 Å². The Labute approximate surface area is 157 Å². The smallest absolute Gasteiger partial charge is 0.351 e. The molecule has 2 heterocycles. The molecule has 0 unspecified atom stereocenters. The maximum Gasteiger partial charge on any atom is 0.452 e. The van der Waals surface area contributed by atoms with Gasteiger partial charge in [-0.3, -0.25) is 0 Å². The maximum atomic E-state index is 12.6. The van der Waals surface area contributed by atoms with Gasteiger partial charge < -0.3 is 4.52 Å². The van der Waals surface area contributed by atoms with E-state index in [4.69, 9.17) is 0 Å². The first-order chi connectivity index (χ1) is 12.6. The summed E-state index contributed by atoms with van der Waals surface area (Å²) >= 11 is 1.03. The summed E-state index contributed by atoms with van der Waals surface area (Å²) in [6.45, 7) is 3.62. The lowest BCUT2D eigenvalue weighted by Crippen LogP contribution is -2.23. The number of aromatic nitrogens is 1. The summed E-state index contributed by atoms with van der Waals surface area (Å²) in [5.74, 6) is -1.23. The van der Waals surface area contributed by atoms with Crippen molar-refractivity contribution in [2.24, 2.45) is 0 Å². The third-order valence-corrected chi connectivity index (χ3v) is 6.52. The molecule has 0 aliphatic carbocycles. The Bertz CT molecular complexity index is 1050. The number of benzene rings is 1. The number of halogens is 3. The fraction of sp³-hybridized carbons (Fsp3) is 0.235. The van der Waals surface area contributed by atoms with Gasteiger partial charge >= 0.3 is 6.18 Å². The van der Waals surface area contributed by atoms with Gasteiger partial charge in [-0.15, -0.1) is 11.3 Å². The maximum absolute atomic E-state index is 12.6. The van der Waals surface area contributed by atoms with Crippen LogP contribution in [0.3, 0.4) is 0 Å². The second-order valence-electron chi connectivity index (χ2n) is 5.92. The van der Waals surface area contributed by atoms with Gasteiger partial charge in [0.1, 0.15) is 5.69 Å². The zero-order valence-corrected chi connectivity index (χ0v) is 15.9. The first kappa shape index (κ1) is 19.6. The number of sulfonamides is 1. The van der Waals surface area contributed by atoms with Crippen molar-refractivity contribution in [1.82, 2.24) is 9.88 Å². The second kappa shape index (κ2) is 7.10. The molecule has 144 valence electrons. The molecule has 5 nitrogen and oxygen atoms in total. The molecule has 3 aromatic rings. The lowest BCUT2D eigenvalue weighted by molar-refractivity contribution is -0.155. The lowest BCUT2D eigenvalue weighted by atomic mass is 10.2. The second-order valence-corrected chi connectivity index (χ2v) is 8.91. The standard InChI is InChI=1S/C17H15F3N2O3S2/c1-10-3-5-12(6-4-10)9-21-27(23,24)15-8-14(26-11(15)2)13-7-16(25-22-13)17(18,19)20/h3-8,21H,9H2,1-2H3. The van der Waals surface area contributed by atoms with Crippen LogP contribution in [0.4, 0.5) is 13.2 Å². The van der Waals surface area contributed by atoms with Gasteiger partial charge in [0.05, 0.1) is 9.77 Å². The van der Waals surface area contributed by atoms with E-state index in [9.17, 15) is 21.6 Å². The van der Waals surface area contributed by atoms with Gasteiger partial charge in [0, 0.05) is 17.5 Å². The molecule has 0 spiro atoms. The molecule has 0 amide bonds. The first-order valence-corrected chi connectivity index (χ1v) is 10.1. The lowest BCUT2D eigenvalue weighted by Gasteiger charge is -2.06. The van der Waals surface area contributed by atoms with Gasteiger partial charge in [0.15, 0.2) is 0 Å². The van der Waals surface area contributed by atoms with Gasteiger partial charge in [-0.2, -0.15) is 13.2 Å². The summed E-state index contributed by atoms with van der Waals surface area (Å²) in [6.07, 6.45) is -4.65. The molecule has 0 aliphatic heterocycles. The predicted molar refractivity (Wildman–Crippen MR) is 94.8 cm³/mol. The summed E-state index contributed by atoms with van der Waals surface area (Å²) < 4.78 is 69.9. The zero-order chi connectivity index (χ0) is 19.8. The molecule has 0 aliphatic rings. The normalized spacial score (nSPS) is 12.5. The summed E-state index contributed by atoms with van der Waals surface area (Å²) in [5, 5.41) is 3.39. The highest BCUT2D eigenvalue weighted by Gasteiger charge is 2.36. The molecule has 0 fully saturated rings. The molecule has 0 atom stereocenters. The van der Waals surface area contributed by atoms with E-state index in [2.05, 4.69) is 14.4 Å². The van der Waals surface area contributed by atoms with E-state index in [-0.39, 0.29) is 22.0 Å². The van der Waals surface area contributed by atoms with E-state index in [0.717, 1.165) is 28.5 Å². The van der Waals surface area contributed by atoms with Crippen LogP contribution in [0.25, 0.3) is 10.6 Å². The summed E-state index contributed by atoms with van der Waals surface area (Å²) in [6, 6.07) is 9.44. The molecule has 3 rings (SSSR count). The monoisotopic (exact) mass is 416 g/mol. The number of alkyl halides is 3. The van der Waals surface area contributed by atoms with Crippen molar-refractivity contribution in [2.45, 2.75) is 31.5 Å². The van der Waals surface area contributed by atoms with Crippen LogP contribution in [-0.2, 0) is 22.7 Å². The number of nitrogens with zero attached hydrogens (tertiary/aromatic N) is 1. The van der Waals surface area contributed by atoms with E-state index in [1.54, 1.807) is 6.92 Å². The summed E-state index contributed by atoms with van der Waals surface area (Å²) in [4.78, 5) is 0.728. The molecule has 0 radical (unpaired) electrons. The number of thiophene rings is 1. The average molecular weight is 416 g/mol. The molecule has 27 heavy (non-hydrogen) atoms. The molecular weight excluding hydrogens is 401 g/mol. The van der Waals surface area contributed by atoms with Crippen LogP contribution in [-0.4, -0.2) is 13.6 Å². The fourth-order valence-corrected chi connectivity index (χ4v) is 4.90. The van der Waals surface area contributed by atoms with E-state index in [1.807, 2.05) is 31.2 Å². The van der Waals surface area contributed by atoms with Crippen LogP contribution >= 0.6 is 11.3 Å². The zero-order valence-electron chi connectivity index (χ0n) is 14.3. The molecule has 1 aromatic carbocycles. The topological polar surface area (TPSA) is 72.2 Å². The molecule has 2 aromatic heterocycles. The van der Waals surface area contributed by atoms with Gasteiger partial charge in [0.2, 0.25) is 15.8 Å². The summed E-state index contributed by atoms with van der Waals surface area (Å²) in [7, 11) is -3.83. The van der Waals surface area contributed by atoms with Gasteiger partial charge in [-0.05, 0) is 25.5 Å². The highest BCUT2D eigenvalue weighted by molar-refractivity contribution is 7.89. The minimum absolute atomic E-state index is 0.00571. The molecule has 10 heteroatoms. The largest absolute Gasteiger partial charge is 0.452 e. The van der Waals surface area contributed by atoms with Crippen molar-refractivity contribution in [2.75, 3.05) is 0 Å². The van der Waals surface area contributed by atoms with Crippen LogP contribution in [0.1, 0.15) is 21.8 Å². The number of rotatable bonds is 5. The Balaban J connectivity index is 1.82. The Morgan fingerprint density at radius 3 is 2.41 bits per heavy atom. The number of hydrogen-bond donors (Lipinski definition) is 1. The molecule has 0 saturated carbocycles. The Morgan fingerprint density at radius 1 is 1.15 bits per heavy atom. The van der Waals surface area contributed by atoms with Crippen molar-refractivity contribution < 1.29 is 26.1 Å². The van der Waals surface area contributed by atoms with Crippen molar-refractivity contribution in [3.05, 3.63) is 58.2 Å². The molecule has 1 N–H and O–H groups in total.